The van der Waals surface area contributed by atoms with Gasteiger partial charge in [0.2, 0.25) is 0 Å². The third kappa shape index (κ3) is 4.15. The fourth-order valence-corrected chi connectivity index (χ4v) is 2.58. The molecule has 0 radical (unpaired) electrons. The lowest BCUT2D eigenvalue weighted by atomic mass is 9.87. The molecule has 1 atom stereocenters. The Morgan fingerprint density at radius 1 is 1.52 bits per heavy atom. The molecule has 0 aliphatic heterocycles. The highest BCUT2D eigenvalue weighted by molar-refractivity contribution is 7.71. The first-order valence-electron chi connectivity index (χ1n) is 6.86. The van der Waals surface area contributed by atoms with Crippen LogP contribution < -0.4 is 5.32 Å². The number of aliphatic hydroxyl groups is 1. The van der Waals surface area contributed by atoms with Crippen LogP contribution in [-0.4, -0.2) is 28.6 Å². The second kappa shape index (κ2) is 5.99. The number of aromatic nitrogens is 1. The number of oxazole rings is 1. The Kier molecular flexibility index (Phi) is 4.49. The zero-order valence-electron chi connectivity index (χ0n) is 12.4. The molecule has 1 heterocycles. The number of benzene rings is 1. The summed E-state index contributed by atoms with van der Waals surface area (Å²) in [5.74, 6) is -0.169. The summed E-state index contributed by atoms with van der Waals surface area (Å²) < 4.78 is 5.30. The van der Waals surface area contributed by atoms with Crippen molar-refractivity contribution < 1.29 is 14.3 Å². The van der Waals surface area contributed by atoms with E-state index in [-0.39, 0.29) is 11.3 Å². The topological polar surface area (TPSA) is 78.3 Å². The highest BCUT2D eigenvalue weighted by Crippen LogP contribution is 2.21. The standard InChI is InChI=1S/C15H20N2O3S/c1-9(18)7-15(2,3)8-16-13(19)10-4-5-11-12(6-10)20-14(21)17-11/h4-6,9,18H,7-8H2,1-3H3,(H,16,19)(H,17,21). The SMILES string of the molecule is CC(O)CC(C)(C)CNC(=O)c1ccc2[nH]c(=S)oc2c1. The van der Waals surface area contributed by atoms with Gasteiger partial charge >= 0.3 is 0 Å². The molecule has 0 fully saturated rings. The monoisotopic (exact) mass is 308 g/mol. The van der Waals surface area contributed by atoms with Gasteiger partial charge in [-0.25, -0.2) is 0 Å². The summed E-state index contributed by atoms with van der Waals surface area (Å²) in [5.41, 5.74) is 1.69. The van der Waals surface area contributed by atoms with Crippen molar-refractivity contribution in [3.63, 3.8) is 0 Å². The van der Waals surface area contributed by atoms with Gasteiger partial charge in [-0.3, -0.25) is 4.79 Å². The van der Waals surface area contributed by atoms with Crippen molar-refractivity contribution in [1.82, 2.24) is 10.3 Å². The fraction of sp³-hybridized carbons (Fsp3) is 0.467. The second-order valence-corrected chi connectivity index (χ2v) is 6.50. The first kappa shape index (κ1) is 15.7. The van der Waals surface area contributed by atoms with Gasteiger partial charge in [-0.15, -0.1) is 0 Å². The lowest BCUT2D eigenvalue weighted by Gasteiger charge is -2.26. The summed E-state index contributed by atoms with van der Waals surface area (Å²) in [6.07, 6.45) is 0.232. The molecular weight excluding hydrogens is 288 g/mol. The van der Waals surface area contributed by atoms with Crippen molar-refractivity contribution in [3.05, 3.63) is 28.6 Å². The number of hydrogen-bond acceptors (Lipinski definition) is 4. The largest absolute Gasteiger partial charge is 0.429 e. The quantitative estimate of drug-likeness (QED) is 0.742. The Morgan fingerprint density at radius 3 is 2.90 bits per heavy atom. The molecule has 2 aromatic rings. The van der Waals surface area contributed by atoms with E-state index in [4.69, 9.17) is 16.6 Å². The van der Waals surface area contributed by atoms with E-state index in [0.29, 0.717) is 28.9 Å². The minimum absolute atomic E-state index is 0.166. The molecule has 2 rings (SSSR count). The fourth-order valence-electron chi connectivity index (χ4n) is 2.38. The van der Waals surface area contributed by atoms with Crippen LogP contribution in [0.25, 0.3) is 11.1 Å². The Morgan fingerprint density at radius 2 is 2.24 bits per heavy atom. The summed E-state index contributed by atoms with van der Waals surface area (Å²) in [7, 11) is 0. The van der Waals surface area contributed by atoms with Crippen LogP contribution in [0.2, 0.25) is 0 Å². The number of aliphatic hydroxyl groups excluding tert-OH is 1. The lowest BCUT2D eigenvalue weighted by Crippen LogP contribution is -2.35. The molecule has 0 saturated carbocycles. The summed E-state index contributed by atoms with van der Waals surface area (Å²) in [6, 6.07) is 5.16. The van der Waals surface area contributed by atoms with Crippen LogP contribution in [0.15, 0.2) is 22.6 Å². The predicted octanol–water partition coefficient (Wildman–Crippen LogP) is 3.02. The Balaban J connectivity index is 2.06. The smallest absolute Gasteiger partial charge is 0.266 e. The Labute approximate surface area is 128 Å². The molecule has 0 aliphatic rings. The molecule has 114 valence electrons. The number of aromatic amines is 1. The molecule has 0 bridgehead atoms. The molecule has 0 saturated heterocycles. The third-order valence-electron chi connectivity index (χ3n) is 3.26. The molecule has 1 unspecified atom stereocenters. The van der Waals surface area contributed by atoms with Gasteiger partial charge in [-0.2, -0.15) is 0 Å². The molecule has 3 N–H and O–H groups in total. The molecular formula is C15H20N2O3S. The van der Waals surface area contributed by atoms with Gasteiger partial charge in [0, 0.05) is 12.1 Å². The first-order chi connectivity index (χ1) is 9.77. The van der Waals surface area contributed by atoms with E-state index in [2.05, 4.69) is 10.3 Å². The van der Waals surface area contributed by atoms with Crippen LogP contribution in [-0.2, 0) is 0 Å². The van der Waals surface area contributed by atoms with Gasteiger partial charge in [0.15, 0.2) is 5.58 Å². The van der Waals surface area contributed by atoms with Crippen molar-refractivity contribution in [2.24, 2.45) is 5.41 Å². The van der Waals surface area contributed by atoms with Crippen LogP contribution in [0.4, 0.5) is 0 Å². The van der Waals surface area contributed by atoms with Gasteiger partial charge in [-0.1, -0.05) is 13.8 Å². The van der Waals surface area contributed by atoms with E-state index in [1.54, 1.807) is 25.1 Å². The van der Waals surface area contributed by atoms with E-state index in [1.807, 2.05) is 13.8 Å². The summed E-state index contributed by atoms with van der Waals surface area (Å²) >= 11 is 4.92. The zero-order valence-corrected chi connectivity index (χ0v) is 13.2. The average molecular weight is 308 g/mol. The molecule has 5 nitrogen and oxygen atoms in total. The minimum atomic E-state index is -0.391. The number of nitrogens with one attached hydrogen (secondary N) is 2. The number of amides is 1. The number of hydrogen-bond donors (Lipinski definition) is 3. The maximum Gasteiger partial charge on any atom is 0.266 e. The van der Waals surface area contributed by atoms with E-state index in [1.165, 1.54) is 0 Å². The van der Waals surface area contributed by atoms with Gasteiger partial charge in [0.25, 0.3) is 10.7 Å². The van der Waals surface area contributed by atoms with Crippen LogP contribution in [0.1, 0.15) is 37.6 Å². The maximum absolute atomic E-state index is 12.2. The van der Waals surface area contributed by atoms with Crippen LogP contribution in [0.5, 0.6) is 0 Å². The molecule has 0 spiro atoms. The predicted molar refractivity (Wildman–Crippen MR) is 83.8 cm³/mol. The van der Waals surface area contributed by atoms with Gasteiger partial charge in [-0.05, 0) is 49.2 Å². The lowest BCUT2D eigenvalue weighted by molar-refractivity contribution is 0.0902. The molecule has 0 aliphatic carbocycles. The van der Waals surface area contributed by atoms with Crippen LogP contribution in [0.3, 0.4) is 0 Å². The van der Waals surface area contributed by atoms with Crippen molar-refractivity contribution in [1.29, 1.82) is 0 Å². The zero-order chi connectivity index (χ0) is 15.6. The van der Waals surface area contributed by atoms with E-state index < -0.39 is 6.10 Å². The third-order valence-corrected chi connectivity index (χ3v) is 3.44. The number of carbonyl (C=O) groups is 1. The highest BCUT2D eigenvalue weighted by Gasteiger charge is 2.21. The van der Waals surface area contributed by atoms with Crippen LogP contribution >= 0.6 is 12.2 Å². The number of carbonyl (C=O) groups excluding carboxylic acids is 1. The molecule has 21 heavy (non-hydrogen) atoms. The molecule has 1 aromatic heterocycles. The highest BCUT2D eigenvalue weighted by atomic mass is 32.1. The van der Waals surface area contributed by atoms with E-state index in [9.17, 15) is 9.90 Å². The summed E-state index contributed by atoms with van der Waals surface area (Å²) in [5, 5.41) is 12.3. The Bertz CT molecular complexity index is 700. The summed E-state index contributed by atoms with van der Waals surface area (Å²) in [6.45, 7) is 6.25. The van der Waals surface area contributed by atoms with Gasteiger partial charge in [0.1, 0.15) is 0 Å². The Hall–Kier alpha value is -1.66. The van der Waals surface area contributed by atoms with E-state index >= 15 is 0 Å². The number of H-pyrrole nitrogens is 1. The maximum atomic E-state index is 12.2. The second-order valence-electron chi connectivity index (χ2n) is 6.13. The molecule has 1 aromatic carbocycles. The number of rotatable bonds is 5. The minimum Gasteiger partial charge on any atom is -0.429 e. The number of fused-ring (bicyclic) bond motifs is 1. The normalized spacial score (nSPS) is 13.3. The van der Waals surface area contributed by atoms with Gasteiger partial charge in [0.05, 0.1) is 11.6 Å². The van der Waals surface area contributed by atoms with Crippen molar-refractivity contribution in [2.45, 2.75) is 33.3 Å². The van der Waals surface area contributed by atoms with Crippen molar-refractivity contribution in [2.75, 3.05) is 6.54 Å². The van der Waals surface area contributed by atoms with Gasteiger partial charge < -0.3 is 19.8 Å². The average Bonchev–Trinajstić information content (AvgIpc) is 2.73. The molecule has 1 amide bonds. The molecule has 6 heteroatoms. The first-order valence-corrected chi connectivity index (χ1v) is 7.27. The van der Waals surface area contributed by atoms with Crippen LogP contribution in [0, 0.1) is 10.3 Å². The van der Waals surface area contributed by atoms with Crippen molar-refractivity contribution in [3.8, 4) is 0 Å². The van der Waals surface area contributed by atoms with E-state index in [0.717, 1.165) is 5.52 Å². The summed E-state index contributed by atoms with van der Waals surface area (Å²) in [4.78, 5) is 15.4. The van der Waals surface area contributed by atoms with Crippen molar-refractivity contribution >= 4 is 29.2 Å².